The van der Waals surface area contributed by atoms with E-state index in [9.17, 15) is 10.1 Å². The average molecular weight is 287 g/mol. The Morgan fingerprint density at radius 3 is 2.95 bits per heavy atom. The van der Waals surface area contributed by atoms with Crippen molar-refractivity contribution in [2.45, 2.75) is 26.7 Å². The van der Waals surface area contributed by atoms with Gasteiger partial charge in [-0.15, -0.1) is 0 Å². The maximum atomic E-state index is 11.9. The highest BCUT2D eigenvalue weighted by Gasteiger charge is 2.30. The zero-order chi connectivity index (χ0) is 15.4. The molecular formula is C16H21N3O2. The van der Waals surface area contributed by atoms with E-state index in [1.165, 1.54) is 0 Å². The first kappa shape index (κ1) is 15.5. The fourth-order valence-electron chi connectivity index (χ4n) is 2.69. The first-order chi connectivity index (χ1) is 10.0. The number of nitriles is 1. The van der Waals surface area contributed by atoms with Crippen LogP contribution < -0.4 is 0 Å². The molecule has 1 fully saturated rings. The van der Waals surface area contributed by atoms with Crippen molar-refractivity contribution >= 4 is 5.91 Å². The molecule has 1 aromatic heterocycles. The molecule has 0 saturated carbocycles. The van der Waals surface area contributed by atoms with E-state index in [-0.39, 0.29) is 11.8 Å². The van der Waals surface area contributed by atoms with Crippen LogP contribution in [-0.2, 0) is 16.0 Å². The number of likely N-dealkylation sites (tertiary alicyclic amines) is 1. The number of methoxy groups -OCH3 is 1. The smallest absolute Gasteiger partial charge is 0.223 e. The van der Waals surface area contributed by atoms with Crippen LogP contribution in [0.5, 0.6) is 0 Å². The predicted octanol–water partition coefficient (Wildman–Crippen LogP) is 1.61. The fourth-order valence-corrected chi connectivity index (χ4v) is 2.69. The van der Waals surface area contributed by atoms with Gasteiger partial charge in [0.25, 0.3) is 0 Å². The number of aryl methyl sites for hydroxylation is 2. The van der Waals surface area contributed by atoms with Gasteiger partial charge in [0.2, 0.25) is 5.91 Å². The van der Waals surface area contributed by atoms with Gasteiger partial charge in [0.05, 0.1) is 17.9 Å². The number of hydrogen-bond donors (Lipinski definition) is 0. The van der Waals surface area contributed by atoms with Crippen molar-refractivity contribution in [3.63, 3.8) is 0 Å². The lowest BCUT2D eigenvalue weighted by molar-refractivity contribution is -0.128. The normalized spacial score (nSPS) is 18.1. The molecule has 5 nitrogen and oxygen atoms in total. The monoisotopic (exact) mass is 287 g/mol. The number of amides is 1. The van der Waals surface area contributed by atoms with Gasteiger partial charge >= 0.3 is 0 Å². The number of carbonyl (C=O) groups is 1. The molecule has 0 N–H and O–H groups in total. The standard InChI is InChI=1S/C16H21N3O2/c1-11-6-14(9-17)15(18-12(11)2)7-13-8-16(20)19(10-13)4-5-21-3/h6,13H,4-5,7-8,10H2,1-3H3/t13-/m0/s1. The summed E-state index contributed by atoms with van der Waals surface area (Å²) in [5.74, 6) is 0.399. The Bertz CT molecular complexity index is 578. The van der Waals surface area contributed by atoms with Crippen molar-refractivity contribution in [3.8, 4) is 6.07 Å². The van der Waals surface area contributed by atoms with Crippen LogP contribution in [0.15, 0.2) is 6.07 Å². The topological polar surface area (TPSA) is 66.2 Å². The van der Waals surface area contributed by atoms with E-state index in [0.29, 0.717) is 31.6 Å². The Kier molecular flexibility index (Phi) is 4.92. The van der Waals surface area contributed by atoms with Crippen LogP contribution in [0.2, 0.25) is 0 Å². The summed E-state index contributed by atoms with van der Waals surface area (Å²) in [4.78, 5) is 18.3. The van der Waals surface area contributed by atoms with E-state index in [2.05, 4.69) is 11.1 Å². The Hall–Kier alpha value is -1.93. The molecule has 0 unspecified atom stereocenters. The highest BCUT2D eigenvalue weighted by atomic mass is 16.5. The van der Waals surface area contributed by atoms with Crippen LogP contribution in [-0.4, -0.2) is 42.6 Å². The minimum Gasteiger partial charge on any atom is -0.383 e. The number of carbonyl (C=O) groups excluding carboxylic acids is 1. The van der Waals surface area contributed by atoms with Crippen molar-refractivity contribution in [2.75, 3.05) is 26.8 Å². The lowest BCUT2D eigenvalue weighted by Crippen LogP contribution is -2.29. The van der Waals surface area contributed by atoms with Crippen LogP contribution in [0.25, 0.3) is 0 Å². The van der Waals surface area contributed by atoms with Crippen LogP contribution in [0.4, 0.5) is 0 Å². The number of pyridine rings is 1. The van der Waals surface area contributed by atoms with Gasteiger partial charge in [0.15, 0.2) is 0 Å². The third-order valence-electron chi connectivity index (χ3n) is 4.01. The molecule has 21 heavy (non-hydrogen) atoms. The van der Waals surface area contributed by atoms with Gasteiger partial charge in [0, 0.05) is 32.3 Å². The summed E-state index contributed by atoms with van der Waals surface area (Å²) in [5, 5.41) is 9.24. The lowest BCUT2D eigenvalue weighted by atomic mass is 9.98. The molecular weight excluding hydrogens is 266 g/mol. The predicted molar refractivity (Wildman–Crippen MR) is 78.7 cm³/mol. The molecule has 2 rings (SSSR count). The molecule has 1 aliphatic rings. The summed E-state index contributed by atoms with van der Waals surface area (Å²) >= 11 is 0. The lowest BCUT2D eigenvalue weighted by Gasteiger charge is -2.16. The van der Waals surface area contributed by atoms with E-state index in [4.69, 9.17) is 4.74 Å². The molecule has 1 amide bonds. The number of nitrogens with zero attached hydrogens (tertiary/aromatic N) is 3. The highest BCUT2D eigenvalue weighted by Crippen LogP contribution is 2.23. The Morgan fingerprint density at radius 2 is 2.29 bits per heavy atom. The van der Waals surface area contributed by atoms with Crippen molar-refractivity contribution in [1.29, 1.82) is 5.26 Å². The quantitative estimate of drug-likeness (QED) is 0.825. The molecule has 1 saturated heterocycles. The van der Waals surface area contributed by atoms with Gasteiger partial charge in [-0.3, -0.25) is 9.78 Å². The molecule has 0 spiro atoms. The van der Waals surface area contributed by atoms with Crippen molar-refractivity contribution in [1.82, 2.24) is 9.88 Å². The van der Waals surface area contributed by atoms with Crippen LogP contribution in [0.1, 0.15) is 28.9 Å². The first-order valence-electron chi connectivity index (χ1n) is 7.19. The van der Waals surface area contributed by atoms with Gasteiger partial charge in [-0.05, 0) is 37.8 Å². The van der Waals surface area contributed by atoms with Gasteiger partial charge in [-0.2, -0.15) is 5.26 Å². The summed E-state index contributed by atoms with van der Waals surface area (Å²) in [6.07, 6.45) is 1.21. The van der Waals surface area contributed by atoms with Crippen LogP contribution in [0.3, 0.4) is 0 Å². The second-order valence-electron chi connectivity index (χ2n) is 5.60. The molecule has 0 bridgehead atoms. The number of ether oxygens (including phenoxy) is 1. The van der Waals surface area contributed by atoms with Gasteiger partial charge in [-0.1, -0.05) is 0 Å². The number of rotatable bonds is 5. The summed E-state index contributed by atoms with van der Waals surface area (Å²) < 4.78 is 5.02. The largest absolute Gasteiger partial charge is 0.383 e. The maximum Gasteiger partial charge on any atom is 0.223 e. The minimum atomic E-state index is 0.166. The first-order valence-corrected chi connectivity index (χ1v) is 7.19. The maximum absolute atomic E-state index is 11.9. The molecule has 5 heteroatoms. The number of aromatic nitrogens is 1. The minimum absolute atomic E-state index is 0.166. The van der Waals surface area contributed by atoms with E-state index in [0.717, 1.165) is 23.5 Å². The molecule has 0 aliphatic carbocycles. The zero-order valence-electron chi connectivity index (χ0n) is 12.8. The van der Waals surface area contributed by atoms with E-state index in [1.807, 2.05) is 24.8 Å². The van der Waals surface area contributed by atoms with E-state index >= 15 is 0 Å². The SMILES string of the molecule is COCCN1C[C@@H](Cc2nc(C)c(C)cc2C#N)CC1=O. The zero-order valence-corrected chi connectivity index (χ0v) is 12.8. The second kappa shape index (κ2) is 6.68. The summed E-state index contributed by atoms with van der Waals surface area (Å²) in [6.45, 7) is 5.83. The third-order valence-corrected chi connectivity index (χ3v) is 4.01. The molecule has 2 heterocycles. The molecule has 112 valence electrons. The van der Waals surface area contributed by atoms with E-state index < -0.39 is 0 Å². The van der Waals surface area contributed by atoms with Gasteiger partial charge in [-0.25, -0.2) is 0 Å². The molecule has 1 aromatic rings. The Balaban J connectivity index is 2.08. The summed E-state index contributed by atoms with van der Waals surface area (Å²) in [6, 6.07) is 4.10. The van der Waals surface area contributed by atoms with Crippen molar-refractivity contribution < 1.29 is 9.53 Å². The molecule has 1 atom stereocenters. The second-order valence-corrected chi connectivity index (χ2v) is 5.60. The van der Waals surface area contributed by atoms with Crippen LogP contribution in [0, 0.1) is 31.1 Å². The number of hydrogen-bond acceptors (Lipinski definition) is 4. The Labute approximate surface area is 125 Å². The fraction of sp³-hybridized carbons (Fsp3) is 0.562. The highest BCUT2D eigenvalue weighted by molar-refractivity contribution is 5.78. The van der Waals surface area contributed by atoms with Crippen molar-refractivity contribution in [3.05, 3.63) is 28.6 Å². The van der Waals surface area contributed by atoms with Gasteiger partial charge < -0.3 is 9.64 Å². The average Bonchev–Trinajstić information content (AvgIpc) is 2.80. The molecule has 0 aromatic carbocycles. The van der Waals surface area contributed by atoms with Crippen molar-refractivity contribution in [2.24, 2.45) is 5.92 Å². The van der Waals surface area contributed by atoms with Crippen LogP contribution >= 0.6 is 0 Å². The third kappa shape index (κ3) is 3.59. The summed E-state index contributed by atoms with van der Waals surface area (Å²) in [7, 11) is 1.64. The van der Waals surface area contributed by atoms with E-state index in [1.54, 1.807) is 7.11 Å². The molecule has 1 aliphatic heterocycles. The van der Waals surface area contributed by atoms with Gasteiger partial charge in [0.1, 0.15) is 6.07 Å². The Morgan fingerprint density at radius 1 is 1.52 bits per heavy atom. The summed E-state index contributed by atoms with van der Waals surface area (Å²) in [5.41, 5.74) is 3.41. The molecule has 0 radical (unpaired) electrons.